The molecule has 1 saturated heterocycles. The number of aliphatic hydroxyl groups is 2. The molecule has 0 unspecified atom stereocenters. The van der Waals surface area contributed by atoms with Crippen LogP contribution in [0.4, 0.5) is 0 Å². The maximum atomic E-state index is 14.5. The summed E-state index contributed by atoms with van der Waals surface area (Å²) in [6.45, 7) is 10.4. The molecule has 806 valence electrons. The standard InChI is InChI=1S/C92H141N27O27/c1-11-48(7)74(95)88(142)109-55(25-19-29-99-92(96)97)81(135)111-59(34-53-23-17-14-18-24-53)84(138)110-57(31-46(3)4)83(137)112-61(36-68(94)123)82(136)105-50(9)76(130)101-42-72(127)118-75(49(8)12-2)89(143)115-58(33-52-21-15-13-16-22-52)78(132)103-41-71(126)108-64(43-120)86(140)113-62(37-73(128)129)79(133)102-39-69(124)100-40-70(125)107-56(27-28-67(93)122)80(134)106-51(10)77(131)116-63(32-47(5)6)90(144)119-30-20-26-66(119)87(141)114-60(35-54-38-98-45-104-54)85(139)117-65(44-121)91(145)146/h13-18,21-24,38,45-51,55-66,74-75,120-121H,11-12,19-20,25-37,39-44,95H2,1-10H3,(H2,93,122)(H2,94,123)(H,98,104)(H,100,124)(H,101,130)(H,102,133)(H,103,132)(H,105,136)(H,106,134)(H,107,125)(H,108,126)(H,109,142)(H,110,138)(H,111,135)(H,112,137)(H,113,140)(H,114,141)(H,115,143)(H,116,131)(H,117,139)(H,118,127)(H,128,129)(H,145,146)(H4,96,97,99)/t48-,49-,50-,51-,55-,56-,57-,58-,59-,60-,61-,62-,63-,64-,65-,66-,74-,75-/m0/s1. The second-order valence-corrected chi connectivity index (χ2v) is 36.1. The van der Waals surface area contributed by atoms with Crippen molar-refractivity contribution in [2.24, 2.45) is 46.6 Å². The van der Waals surface area contributed by atoms with Crippen LogP contribution in [0.5, 0.6) is 0 Å². The maximum Gasteiger partial charge on any atom is 0.328 e. The van der Waals surface area contributed by atoms with Gasteiger partial charge in [-0.25, -0.2) is 9.78 Å². The van der Waals surface area contributed by atoms with Crippen LogP contribution in [0.15, 0.2) is 73.2 Å². The summed E-state index contributed by atoms with van der Waals surface area (Å²) >= 11 is 0. The lowest BCUT2D eigenvalue weighted by Crippen LogP contribution is -2.60. The number of hydrogen-bond acceptors (Lipinski definition) is 28. The fourth-order valence-corrected chi connectivity index (χ4v) is 14.7. The van der Waals surface area contributed by atoms with E-state index in [0.717, 1.165) is 0 Å². The van der Waals surface area contributed by atoms with Crippen LogP contribution in [-0.4, -0.2) is 326 Å². The van der Waals surface area contributed by atoms with E-state index in [1.165, 1.54) is 31.3 Å². The number of hydrogen-bond donors (Lipinski definition) is 29. The Bertz CT molecular complexity index is 5000. The van der Waals surface area contributed by atoms with Gasteiger partial charge in [-0.1, -0.05) is 129 Å². The highest BCUT2D eigenvalue weighted by Crippen LogP contribution is 2.23. The fraction of sp³-hybridized carbons (Fsp3) is 0.576. The number of aromatic amines is 1. The van der Waals surface area contributed by atoms with Gasteiger partial charge in [0, 0.05) is 45.0 Å². The molecule has 54 heteroatoms. The highest BCUT2D eigenvalue weighted by atomic mass is 16.4. The summed E-state index contributed by atoms with van der Waals surface area (Å²) in [4.78, 5) is 318. The van der Waals surface area contributed by atoms with Crippen molar-refractivity contribution in [1.29, 1.82) is 5.41 Å². The highest BCUT2D eigenvalue weighted by Gasteiger charge is 2.43. The third-order valence-corrected chi connectivity index (χ3v) is 23.2. The van der Waals surface area contributed by atoms with E-state index in [1.807, 2.05) is 12.2 Å². The molecule has 3 aromatic rings. The van der Waals surface area contributed by atoms with Crippen LogP contribution in [0.3, 0.4) is 0 Å². The number of H-pyrrole nitrogens is 1. The number of benzene rings is 2. The van der Waals surface area contributed by atoms with E-state index in [2.05, 4.69) is 106 Å². The molecular weight excluding hydrogens is 1920 g/mol. The molecule has 0 bridgehead atoms. The van der Waals surface area contributed by atoms with Crippen LogP contribution in [0.1, 0.15) is 163 Å². The van der Waals surface area contributed by atoms with Gasteiger partial charge in [-0.15, -0.1) is 0 Å². The van der Waals surface area contributed by atoms with Crippen molar-refractivity contribution in [3.8, 4) is 0 Å². The van der Waals surface area contributed by atoms with Crippen molar-refractivity contribution < 1.29 is 131 Å². The number of aliphatic hydroxyl groups excluding tert-OH is 2. The van der Waals surface area contributed by atoms with Crippen LogP contribution in [-0.2, 0) is 130 Å². The molecule has 54 nitrogen and oxygen atoms in total. The molecule has 4 rings (SSSR count). The van der Waals surface area contributed by atoms with Gasteiger partial charge in [-0.05, 0) is 93.6 Å². The van der Waals surface area contributed by atoms with Crippen LogP contribution in [0.2, 0.25) is 0 Å². The first-order valence-electron chi connectivity index (χ1n) is 47.6. The Hall–Kier alpha value is -15.4. The van der Waals surface area contributed by atoms with E-state index in [9.17, 15) is 131 Å². The molecule has 1 aromatic heterocycles. The first kappa shape index (κ1) is 123. The number of carboxylic acids is 2. The number of likely N-dealkylation sites (tertiary alicyclic amines) is 1. The number of carbonyl (C=O) groups excluding carboxylic acids is 21. The van der Waals surface area contributed by atoms with E-state index in [4.69, 9.17) is 28.3 Å². The van der Waals surface area contributed by atoms with Gasteiger partial charge in [0.25, 0.3) is 0 Å². The SMILES string of the molecule is CC[C@H](C)[C@H](N)C(=O)N[C@@H](CCCNC(=N)N)C(=O)N[C@@H](Cc1ccccc1)C(=O)N[C@@H](CC(C)C)C(=O)N[C@@H](CC(N)=O)C(=O)N[C@@H](C)C(=O)NCC(=O)N[C@H](C(=O)N[C@@H](Cc1ccccc1)C(=O)NCC(=O)N[C@@H](CO)C(=O)N[C@@H](CC(=O)O)C(=O)NCC(=O)NCC(=O)N[C@@H](CCC(N)=O)C(=O)N[C@@H](C)C(=O)N[C@@H](CC(C)C)C(=O)N1CCC[C@H]1C(=O)N[C@@H](Cc1c[nH]cn1)C(=O)N[C@@H](CO)C(=O)O)[C@@H](C)CC. The van der Waals surface area contributed by atoms with Crippen LogP contribution in [0.25, 0.3) is 0 Å². The predicted molar refractivity (Wildman–Crippen MR) is 519 cm³/mol. The second-order valence-electron chi connectivity index (χ2n) is 36.1. The first-order chi connectivity index (χ1) is 68.9. The summed E-state index contributed by atoms with van der Waals surface area (Å²) < 4.78 is 0. The lowest BCUT2D eigenvalue weighted by Gasteiger charge is -2.31. The Morgan fingerprint density at radius 1 is 0.432 bits per heavy atom. The van der Waals surface area contributed by atoms with Gasteiger partial charge in [0.1, 0.15) is 90.6 Å². The van der Waals surface area contributed by atoms with Gasteiger partial charge >= 0.3 is 11.9 Å². The number of carbonyl (C=O) groups is 23. The monoisotopic (exact) mass is 2060 g/mol. The number of amides is 21. The minimum absolute atomic E-state index is 0.00352. The maximum absolute atomic E-state index is 14.5. The van der Waals surface area contributed by atoms with Crippen molar-refractivity contribution in [2.75, 3.05) is 52.5 Å². The molecule has 21 amide bonds. The average molecular weight is 2060 g/mol. The molecule has 2 aromatic carbocycles. The number of aromatic nitrogens is 2. The summed E-state index contributed by atoms with van der Waals surface area (Å²) in [6, 6.07) is -7.62. The number of carboxylic acid groups (broad SMARTS) is 2. The third kappa shape index (κ3) is 44.2. The fourth-order valence-electron chi connectivity index (χ4n) is 14.7. The van der Waals surface area contributed by atoms with Crippen molar-refractivity contribution in [1.82, 2.24) is 116 Å². The minimum atomic E-state index is -2.04. The summed E-state index contributed by atoms with van der Waals surface area (Å²) in [5.41, 5.74) is 23.9. The molecule has 0 spiro atoms. The van der Waals surface area contributed by atoms with E-state index in [1.54, 1.807) is 109 Å². The third-order valence-electron chi connectivity index (χ3n) is 23.2. The molecular formula is C92H141N27O27. The molecule has 0 saturated carbocycles. The molecule has 2 heterocycles. The van der Waals surface area contributed by atoms with Crippen molar-refractivity contribution in [2.45, 2.75) is 262 Å². The van der Waals surface area contributed by atoms with Gasteiger partial charge < -0.3 is 154 Å². The Labute approximate surface area is 841 Å². The smallest absolute Gasteiger partial charge is 0.328 e. The number of imidazole rings is 1. The normalized spacial score (nSPS) is 15.6. The van der Waals surface area contributed by atoms with Crippen LogP contribution >= 0.6 is 0 Å². The number of aliphatic carboxylic acids is 2. The molecule has 18 atom stereocenters. The summed E-state index contributed by atoms with van der Waals surface area (Å²) in [6.07, 6.45) is 0.457. The molecule has 33 N–H and O–H groups in total. The Morgan fingerprint density at radius 2 is 0.863 bits per heavy atom. The van der Waals surface area contributed by atoms with Crippen molar-refractivity contribution in [3.63, 3.8) is 0 Å². The van der Waals surface area contributed by atoms with E-state index >= 15 is 0 Å². The van der Waals surface area contributed by atoms with E-state index in [0.29, 0.717) is 24.0 Å². The van der Waals surface area contributed by atoms with Gasteiger partial charge in [-0.2, -0.15) is 0 Å². The first-order valence-corrected chi connectivity index (χ1v) is 47.6. The summed E-state index contributed by atoms with van der Waals surface area (Å²) in [7, 11) is 0. The minimum Gasteiger partial charge on any atom is -0.481 e. The van der Waals surface area contributed by atoms with Crippen molar-refractivity contribution >= 4 is 142 Å². The van der Waals surface area contributed by atoms with Crippen LogP contribution in [0, 0.1) is 29.1 Å². The zero-order valence-electron chi connectivity index (χ0n) is 83.1. The van der Waals surface area contributed by atoms with Gasteiger partial charge in [-0.3, -0.25) is 111 Å². The van der Waals surface area contributed by atoms with Crippen LogP contribution < -0.4 is 124 Å². The van der Waals surface area contributed by atoms with Gasteiger partial charge in [0.15, 0.2) is 5.96 Å². The number of rotatable bonds is 65. The quantitative estimate of drug-likeness (QED) is 0.0142. The lowest BCUT2D eigenvalue weighted by atomic mass is 9.97. The Balaban J connectivity index is 1.36. The number of guanidine groups is 1. The second kappa shape index (κ2) is 62.9. The van der Waals surface area contributed by atoms with Gasteiger partial charge in [0.2, 0.25) is 124 Å². The summed E-state index contributed by atoms with van der Waals surface area (Å²) in [5, 5.41) is 92.0. The van der Waals surface area contributed by atoms with Crippen molar-refractivity contribution in [3.05, 3.63) is 90.0 Å². The largest absolute Gasteiger partial charge is 0.481 e. The topological polar surface area (TPSA) is 862 Å². The number of nitrogens with zero attached hydrogens (tertiary/aromatic N) is 2. The lowest BCUT2D eigenvalue weighted by molar-refractivity contribution is -0.144. The Morgan fingerprint density at radius 3 is 1.38 bits per heavy atom. The molecule has 1 fully saturated rings. The number of primary amides is 2. The highest BCUT2D eigenvalue weighted by molar-refractivity contribution is 6.02. The zero-order chi connectivity index (χ0) is 109. The summed E-state index contributed by atoms with van der Waals surface area (Å²) in [5.74, 6) is -26.1. The zero-order valence-corrected chi connectivity index (χ0v) is 83.1. The molecule has 146 heavy (non-hydrogen) atoms. The number of nitrogens with two attached hydrogens (primary N) is 4. The molecule has 0 aliphatic carbocycles. The van der Waals surface area contributed by atoms with E-state index in [-0.39, 0.29) is 100 Å². The number of nitrogens with one attached hydrogen (secondary N) is 21. The average Bonchev–Trinajstić information content (AvgIpc) is 1.73. The molecule has 1 aliphatic rings. The van der Waals surface area contributed by atoms with Gasteiger partial charge in [0.05, 0.1) is 70.3 Å². The molecule has 1 aliphatic heterocycles. The Kier molecular flexibility index (Phi) is 53.0. The van der Waals surface area contributed by atoms with E-state index < -0.39 is 304 Å². The predicted octanol–water partition coefficient (Wildman–Crippen LogP) is -9.82. The molecule has 0 radical (unpaired) electrons.